The van der Waals surface area contributed by atoms with Crippen LogP contribution in [0.4, 0.5) is 0 Å². The summed E-state index contributed by atoms with van der Waals surface area (Å²) in [6.07, 6.45) is 0.972. The third kappa shape index (κ3) is 5.63. The zero-order valence-electron chi connectivity index (χ0n) is 18.5. The van der Waals surface area contributed by atoms with Crippen molar-refractivity contribution in [3.63, 3.8) is 0 Å². The Hall–Kier alpha value is -2.88. The minimum absolute atomic E-state index is 0.741. The topological polar surface area (TPSA) is 29.1 Å². The van der Waals surface area contributed by atoms with Crippen molar-refractivity contribution in [3.8, 4) is 5.75 Å². The number of benzene rings is 3. The summed E-state index contributed by atoms with van der Waals surface area (Å²) in [4.78, 5) is 2.48. The van der Waals surface area contributed by atoms with Gasteiger partial charge in [-0.3, -0.25) is 4.90 Å². The van der Waals surface area contributed by atoms with Gasteiger partial charge in [-0.25, -0.2) is 0 Å². The molecule has 1 aliphatic rings. The SMILES string of the molecule is CC/C(=C(\c1ccccc1)c1ccc(OCCN2CC[NH2+]CC2)cc1)c1ccccc1. The van der Waals surface area contributed by atoms with Gasteiger partial charge < -0.3 is 10.1 Å². The van der Waals surface area contributed by atoms with Crippen LogP contribution >= 0.6 is 0 Å². The van der Waals surface area contributed by atoms with Crippen LogP contribution in [-0.4, -0.2) is 44.2 Å². The Balaban J connectivity index is 1.56. The van der Waals surface area contributed by atoms with Gasteiger partial charge in [0.15, 0.2) is 0 Å². The molecule has 3 aromatic rings. The molecule has 1 fully saturated rings. The molecule has 31 heavy (non-hydrogen) atoms. The molecular weight excluding hydrogens is 380 g/mol. The number of allylic oxidation sites excluding steroid dienone is 1. The van der Waals surface area contributed by atoms with Crippen molar-refractivity contribution in [2.24, 2.45) is 0 Å². The Bertz CT molecular complexity index is 959. The second-order valence-electron chi connectivity index (χ2n) is 8.02. The van der Waals surface area contributed by atoms with Gasteiger partial charge in [-0.2, -0.15) is 0 Å². The Morgan fingerprint density at radius 3 is 1.97 bits per heavy atom. The molecule has 1 heterocycles. The molecule has 3 aromatic carbocycles. The summed E-state index contributed by atoms with van der Waals surface area (Å²) in [5.74, 6) is 0.942. The van der Waals surface area contributed by atoms with E-state index in [4.69, 9.17) is 4.74 Å². The summed E-state index contributed by atoms with van der Waals surface area (Å²) in [5, 5.41) is 2.38. The number of rotatable bonds is 8. The first kappa shape index (κ1) is 21.4. The Morgan fingerprint density at radius 2 is 1.35 bits per heavy atom. The van der Waals surface area contributed by atoms with Crippen molar-refractivity contribution >= 4 is 11.1 Å². The highest BCUT2D eigenvalue weighted by Gasteiger charge is 2.14. The maximum Gasteiger partial charge on any atom is 0.119 e. The number of nitrogens with zero attached hydrogens (tertiary/aromatic N) is 1. The van der Waals surface area contributed by atoms with Gasteiger partial charge in [0.1, 0.15) is 12.4 Å². The van der Waals surface area contributed by atoms with Crippen molar-refractivity contribution < 1.29 is 10.1 Å². The molecule has 0 bridgehead atoms. The van der Waals surface area contributed by atoms with Crippen LogP contribution < -0.4 is 10.1 Å². The number of piperazine rings is 1. The van der Waals surface area contributed by atoms with Gasteiger partial charge >= 0.3 is 0 Å². The number of nitrogens with two attached hydrogens (primary N) is 1. The van der Waals surface area contributed by atoms with Gasteiger partial charge in [0.25, 0.3) is 0 Å². The zero-order valence-corrected chi connectivity index (χ0v) is 18.5. The lowest BCUT2D eigenvalue weighted by molar-refractivity contribution is -0.663. The van der Waals surface area contributed by atoms with E-state index in [1.807, 2.05) is 0 Å². The van der Waals surface area contributed by atoms with Crippen molar-refractivity contribution in [2.75, 3.05) is 39.3 Å². The number of hydrogen-bond acceptors (Lipinski definition) is 2. The van der Waals surface area contributed by atoms with Gasteiger partial charge in [0.2, 0.25) is 0 Å². The van der Waals surface area contributed by atoms with Crippen LogP contribution in [0.3, 0.4) is 0 Å². The van der Waals surface area contributed by atoms with E-state index in [0.717, 1.165) is 38.4 Å². The van der Waals surface area contributed by atoms with E-state index in [-0.39, 0.29) is 0 Å². The maximum atomic E-state index is 6.05. The van der Waals surface area contributed by atoms with E-state index in [0.29, 0.717) is 0 Å². The van der Waals surface area contributed by atoms with Crippen LogP contribution in [0.1, 0.15) is 30.0 Å². The summed E-state index contributed by atoms with van der Waals surface area (Å²) in [7, 11) is 0. The fraction of sp³-hybridized carbons (Fsp3) is 0.286. The third-order valence-corrected chi connectivity index (χ3v) is 5.96. The average molecular weight is 414 g/mol. The molecule has 4 rings (SSSR count). The van der Waals surface area contributed by atoms with E-state index >= 15 is 0 Å². The lowest BCUT2D eigenvalue weighted by Gasteiger charge is -2.24. The normalized spacial score (nSPS) is 15.4. The highest BCUT2D eigenvalue weighted by molar-refractivity contribution is 5.98. The molecule has 0 unspecified atom stereocenters. The first-order valence-electron chi connectivity index (χ1n) is 11.5. The maximum absolute atomic E-state index is 6.05. The van der Waals surface area contributed by atoms with Gasteiger partial charge in [-0.15, -0.1) is 0 Å². The molecule has 0 aliphatic carbocycles. The predicted octanol–water partition coefficient (Wildman–Crippen LogP) is 4.31. The minimum Gasteiger partial charge on any atom is -0.492 e. The van der Waals surface area contributed by atoms with E-state index in [1.54, 1.807) is 0 Å². The van der Waals surface area contributed by atoms with Crippen LogP contribution in [0.25, 0.3) is 11.1 Å². The van der Waals surface area contributed by atoms with Crippen LogP contribution in [0.5, 0.6) is 5.75 Å². The zero-order chi connectivity index (χ0) is 21.3. The van der Waals surface area contributed by atoms with Crippen molar-refractivity contribution in [1.29, 1.82) is 0 Å². The van der Waals surface area contributed by atoms with E-state index in [1.165, 1.54) is 40.9 Å². The molecular formula is C28H33N2O+. The minimum atomic E-state index is 0.741. The average Bonchev–Trinajstić information content (AvgIpc) is 2.85. The highest BCUT2D eigenvalue weighted by atomic mass is 16.5. The van der Waals surface area contributed by atoms with Gasteiger partial charge in [-0.05, 0) is 46.4 Å². The molecule has 1 aliphatic heterocycles. The molecule has 0 aromatic heterocycles. The quantitative estimate of drug-likeness (QED) is 0.558. The van der Waals surface area contributed by atoms with Crippen LogP contribution in [0.2, 0.25) is 0 Å². The van der Waals surface area contributed by atoms with Crippen LogP contribution in [-0.2, 0) is 0 Å². The molecule has 160 valence electrons. The summed E-state index contributed by atoms with van der Waals surface area (Å²) < 4.78 is 6.05. The van der Waals surface area contributed by atoms with Crippen LogP contribution in [0, 0.1) is 0 Å². The molecule has 0 atom stereocenters. The van der Waals surface area contributed by atoms with E-state index in [9.17, 15) is 0 Å². The highest BCUT2D eigenvalue weighted by Crippen LogP contribution is 2.34. The summed E-state index contributed by atoms with van der Waals surface area (Å²) in [6, 6.07) is 30.1. The first-order valence-corrected chi connectivity index (χ1v) is 11.5. The summed E-state index contributed by atoms with van der Waals surface area (Å²) in [6.45, 7) is 8.69. The molecule has 0 saturated carbocycles. The second kappa shape index (κ2) is 10.9. The fourth-order valence-electron chi connectivity index (χ4n) is 4.32. The molecule has 1 saturated heterocycles. The Labute approximate surface area is 186 Å². The van der Waals surface area contributed by atoms with Crippen LogP contribution in [0.15, 0.2) is 84.9 Å². The molecule has 3 nitrogen and oxygen atoms in total. The Kier molecular flexibility index (Phi) is 7.54. The monoisotopic (exact) mass is 413 g/mol. The largest absolute Gasteiger partial charge is 0.492 e. The summed E-state index contributed by atoms with van der Waals surface area (Å²) >= 11 is 0. The van der Waals surface area contributed by atoms with E-state index < -0.39 is 0 Å². The smallest absolute Gasteiger partial charge is 0.119 e. The number of quaternary nitrogens is 1. The molecule has 0 radical (unpaired) electrons. The second-order valence-corrected chi connectivity index (χ2v) is 8.02. The van der Waals surface area contributed by atoms with Gasteiger partial charge in [-0.1, -0.05) is 79.7 Å². The molecule has 0 spiro atoms. The summed E-state index contributed by atoms with van der Waals surface area (Å²) in [5.41, 5.74) is 6.42. The lowest BCUT2D eigenvalue weighted by atomic mass is 9.88. The first-order chi connectivity index (χ1) is 15.3. The number of ether oxygens (including phenoxy) is 1. The van der Waals surface area contributed by atoms with Crippen molar-refractivity contribution in [2.45, 2.75) is 13.3 Å². The van der Waals surface area contributed by atoms with Crippen molar-refractivity contribution in [3.05, 3.63) is 102 Å². The van der Waals surface area contributed by atoms with Gasteiger partial charge in [0, 0.05) is 19.6 Å². The van der Waals surface area contributed by atoms with E-state index in [2.05, 4.69) is 102 Å². The predicted molar refractivity (Wildman–Crippen MR) is 129 cm³/mol. The third-order valence-electron chi connectivity index (χ3n) is 5.96. The standard InChI is InChI=1S/C28H32N2O/c1-2-27(23-9-5-3-6-10-23)28(24-11-7-4-8-12-24)25-13-15-26(16-14-25)31-22-21-30-19-17-29-18-20-30/h3-16,29H,2,17-22H2,1H3/p+1/b28-27-. The lowest BCUT2D eigenvalue weighted by Crippen LogP contribution is -2.89. The van der Waals surface area contributed by atoms with Crippen molar-refractivity contribution in [1.82, 2.24) is 4.90 Å². The molecule has 2 N–H and O–H groups in total. The Morgan fingerprint density at radius 1 is 0.774 bits per heavy atom. The fourth-order valence-corrected chi connectivity index (χ4v) is 4.32. The number of hydrogen-bond donors (Lipinski definition) is 1. The molecule has 3 heteroatoms. The van der Waals surface area contributed by atoms with Gasteiger partial charge in [0.05, 0.1) is 13.1 Å². The molecule has 0 amide bonds.